The molecule has 0 N–H and O–H groups in total. The van der Waals surface area contributed by atoms with E-state index in [1.54, 1.807) is 22.5 Å². The van der Waals surface area contributed by atoms with Gasteiger partial charge in [-0.3, -0.25) is 0 Å². The smallest absolute Gasteiger partial charge is 0.218 e. The Hall–Kier alpha value is -1.56. The highest BCUT2D eigenvalue weighted by atomic mass is 35.5. The third-order valence-corrected chi connectivity index (χ3v) is 6.56. The molecular formula is C19H22ClNO3S. The normalized spacial score (nSPS) is 18.8. The molecule has 1 saturated heterocycles. The largest absolute Gasteiger partial charge is 0.493 e. The number of ether oxygens (including phenoxy) is 1. The number of rotatable bonds is 6. The molecular weight excluding hydrogens is 358 g/mol. The van der Waals surface area contributed by atoms with E-state index in [0.29, 0.717) is 30.3 Å². The van der Waals surface area contributed by atoms with Gasteiger partial charge in [0.15, 0.2) is 0 Å². The van der Waals surface area contributed by atoms with Crippen LogP contribution >= 0.6 is 11.6 Å². The molecule has 1 heterocycles. The molecule has 0 saturated carbocycles. The van der Waals surface area contributed by atoms with E-state index in [9.17, 15) is 8.42 Å². The van der Waals surface area contributed by atoms with Crippen LogP contribution in [0.2, 0.25) is 5.02 Å². The van der Waals surface area contributed by atoms with Crippen molar-refractivity contribution < 1.29 is 13.2 Å². The van der Waals surface area contributed by atoms with Crippen molar-refractivity contribution in [1.29, 1.82) is 0 Å². The Morgan fingerprint density at radius 2 is 1.80 bits per heavy atom. The summed E-state index contributed by atoms with van der Waals surface area (Å²) in [5.74, 6) is 0.965. The summed E-state index contributed by atoms with van der Waals surface area (Å²) >= 11 is 6.11. The van der Waals surface area contributed by atoms with Crippen molar-refractivity contribution >= 4 is 21.6 Å². The second-order valence-corrected chi connectivity index (χ2v) is 8.71. The lowest BCUT2D eigenvalue weighted by molar-refractivity contribution is 0.180. The van der Waals surface area contributed by atoms with Gasteiger partial charge in [-0.2, -0.15) is 0 Å². The van der Waals surface area contributed by atoms with E-state index in [0.717, 1.165) is 18.6 Å². The van der Waals surface area contributed by atoms with Gasteiger partial charge in [-0.05, 0) is 36.6 Å². The monoisotopic (exact) mass is 379 g/mol. The number of piperidine rings is 1. The summed E-state index contributed by atoms with van der Waals surface area (Å²) < 4.78 is 32.9. The maximum absolute atomic E-state index is 12.8. The van der Waals surface area contributed by atoms with Gasteiger partial charge in [0.1, 0.15) is 5.75 Å². The minimum Gasteiger partial charge on any atom is -0.493 e. The predicted molar refractivity (Wildman–Crippen MR) is 100 cm³/mol. The number of para-hydroxylation sites is 1. The van der Waals surface area contributed by atoms with Gasteiger partial charge >= 0.3 is 0 Å². The molecule has 2 aromatic carbocycles. The highest BCUT2D eigenvalue weighted by molar-refractivity contribution is 7.88. The van der Waals surface area contributed by atoms with Crippen molar-refractivity contribution in [3.63, 3.8) is 0 Å². The molecule has 1 atom stereocenters. The van der Waals surface area contributed by atoms with E-state index in [4.69, 9.17) is 16.3 Å². The summed E-state index contributed by atoms with van der Waals surface area (Å²) in [7, 11) is -3.38. The molecule has 25 heavy (non-hydrogen) atoms. The lowest BCUT2D eigenvalue weighted by atomic mass is 10.0. The second-order valence-electron chi connectivity index (χ2n) is 6.34. The molecule has 1 unspecified atom stereocenters. The maximum Gasteiger partial charge on any atom is 0.218 e. The van der Waals surface area contributed by atoms with Gasteiger partial charge in [-0.25, -0.2) is 12.7 Å². The summed E-state index contributed by atoms with van der Waals surface area (Å²) in [6.45, 7) is 1.59. The lowest BCUT2D eigenvalue weighted by Crippen LogP contribution is -2.42. The Kier molecular flexibility index (Phi) is 5.99. The molecule has 1 aliphatic heterocycles. The van der Waals surface area contributed by atoms with E-state index in [2.05, 4.69) is 0 Å². The van der Waals surface area contributed by atoms with E-state index < -0.39 is 10.0 Å². The number of nitrogens with zero attached hydrogens (tertiary/aromatic N) is 1. The highest BCUT2D eigenvalue weighted by Gasteiger charge is 2.29. The van der Waals surface area contributed by atoms with Crippen LogP contribution in [0.25, 0.3) is 0 Å². The molecule has 2 aromatic rings. The van der Waals surface area contributed by atoms with Crippen molar-refractivity contribution in [3.8, 4) is 5.75 Å². The molecule has 134 valence electrons. The Bertz CT molecular complexity index is 795. The van der Waals surface area contributed by atoms with Crippen LogP contribution in [0.5, 0.6) is 5.75 Å². The average Bonchev–Trinajstić information content (AvgIpc) is 2.63. The average molecular weight is 380 g/mol. The van der Waals surface area contributed by atoms with Crippen molar-refractivity contribution in [3.05, 3.63) is 65.2 Å². The van der Waals surface area contributed by atoms with Gasteiger partial charge in [0.25, 0.3) is 0 Å². The first kappa shape index (κ1) is 18.2. The van der Waals surface area contributed by atoms with E-state index >= 15 is 0 Å². The summed E-state index contributed by atoms with van der Waals surface area (Å²) in [6.07, 6.45) is 1.83. The lowest BCUT2D eigenvalue weighted by Gasteiger charge is -2.32. The standard InChI is InChI=1S/C19H22ClNO3S/c20-19-11-5-4-8-17(19)15-25(22,23)21-12-6-7-16(13-21)14-24-18-9-2-1-3-10-18/h1-5,8-11,16H,6-7,12-15H2. The zero-order chi connectivity index (χ0) is 17.7. The summed E-state index contributed by atoms with van der Waals surface area (Å²) in [6, 6.07) is 16.7. The summed E-state index contributed by atoms with van der Waals surface area (Å²) in [4.78, 5) is 0. The van der Waals surface area contributed by atoms with Crippen LogP contribution in [-0.2, 0) is 15.8 Å². The van der Waals surface area contributed by atoms with Gasteiger partial charge in [0.05, 0.1) is 12.4 Å². The number of hydrogen-bond acceptors (Lipinski definition) is 3. The summed E-state index contributed by atoms with van der Waals surface area (Å²) in [5, 5.41) is 0.493. The molecule has 0 radical (unpaired) electrons. The van der Waals surface area contributed by atoms with Crippen LogP contribution in [0.3, 0.4) is 0 Å². The van der Waals surface area contributed by atoms with Crippen LogP contribution in [0, 0.1) is 5.92 Å². The Morgan fingerprint density at radius 1 is 1.08 bits per heavy atom. The molecule has 4 nitrogen and oxygen atoms in total. The van der Waals surface area contributed by atoms with E-state index in [1.807, 2.05) is 36.4 Å². The Balaban J connectivity index is 1.61. The van der Waals surface area contributed by atoms with E-state index in [-0.39, 0.29) is 11.7 Å². The number of halogens is 1. The van der Waals surface area contributed by atoms with Gasteiger partial charge in [0.2, 0.25) is 10.0 Å². The molecule has 0 spiro atoms. The fourth-order valence-electron chi connectivity index (χ4n) is 3.05. The number of benzene rings is 2. The van der Waals surface area contributed by atoms with Crippen molar-refractivity contribution in [2.24, 2.45) is 5.92 Å². The minimum absolute atomic E-state index is 0.0566. The zero-order valence-electron chi connectivity index (χ0n) is 14.0. The molecule has 1 fully saturated rings. The Morgan fingerprint density at radius 3 is 2.56 bits per heavy atom. The molecule has 0 aromatic heterocycles. The number of sulfonamides is 1. The fraction of sp³-hybridized carbons (Fsp3) is 0.368. The number of hydrogen-bond donors (Lipinski definition) is 0. The van der Waals surface area contributed by atoms with Crippen molar-refractivity contribution in [2.75, 3.05) is 19.7 Å². The van der Waals surface area contributed by atoms with E-state index in [1.165, 1.54) is 0 Å². The third kappa shape index (κ3) is 4.97. The van der Waals surface area contributed by atoms with Crippen LogP contribution in [0.1, 0.15) is 18.4 Å². The van der Waals surface area contributed by atoms with Gasteiger partial charge < -0.3 is 4.74 Å². The van der Waals surface area contributed by atoms with Crippen molar-refractivity contribution in [2.45, 2.75) is 18.6 Å². The third-order valence-electron chi connectivity index (χ3n) is 4.40. The molecule has 0 bridgehead atoms. The van der Waals surface area contributed by atoms with Gasteiger partial charge in [0, 0.05) is 24.0 Å². The second kappa shape index (κ2) is 8.21. The quantitative estimate of drug-likeness (QED) is 0.763. The molecule has 1 aliphatic rings. The first-order valence-electron chi connectivity index (χ1n) is 8.44. The predicted octanol–water partition coefficient (Wildman–Crippen LogP) is 3.96. The zero-order valence-corrected chi connectivity index (χ0v) is 15.5. The fourth-order valence-corrected chi connectivity index (χ4v) is 5.00. The highest BCUT2D eigenvalue weighted by Crippen LogP contribution is 2.24. The first-order chi connectivity index (χ1) is 12.0. The molecule has 6 heteroatoms. The SMILES string of the molecule is O=S(=O)(Cc1ccccc1Cl)N1CCCC(COc2ccccc2)C1. The minimum atomic E-state index is -3.38. The topological polar surface area (TPSA) is 46.6 Å². The van der Waals surface area contributed by atoms with Gasteiger partial charge in [-0.15, -0.1) is 0 Å². The first-order valence-corrected chi connectivity index (χ1v) is 10.4. The van der Waals surface area contributed by atoms with Crippen LogP contribution in [0.4, 0.5) is 0 Å². The van der Waals surface area contributed by atoms with Crippen LogP contribution in [-0.4, -0.2) is 32.4 Å². The van der Waals surface area contributed by atoms with Crippen LogP contribution < -0.4 is 4.74 Å². The molecule has 0 amide bonds. The Labute approximate surface area is 154 Å². The van der Waals surface area contributed by atoms with Crippen LogP contribution in [0.15, 0.2) is 54.6 Å². The van der Waals surface area contributed by atoms with Crippen molar-refractivity contribution in [1.82, 2.24) is 4.31 Å². The maximum atomic E-state index is 12.8. The molecule has 0 aliphatic carbocycles. The van der Waals surface area contributed by atoms with Gasteiger partial charge in [-0.1, -0.05) is 48.0 Å². The summed E-state index contributed by atoms with van der Waals surface area (Å²) in [5.41, 5.74) is 0.645. The molecule has 3 rings (SSSR count).